The normalized spacial score (nSPS) is 28.1. The minimum atomic E-state index is -0.676. The highest BCUT2D eigenvalue weighted by Gasteiger charge is 2.55. The van der Waals surface area contributed by atoms with Crippen LogP contribution in [0.4, 0.5) is 4.79 Å². The minimum Gasteiger partial charge on any atom is -0.497 e. The second-order valence-corrected chi connectivity index (χ2v) is 8.25. The van der Waals surface area contributed by atoms with Crippen LogP contribution in [0.5, 0.6) is 5.75 Å². The Morgan fingerprint density at radius 2 is 1.93 bits per heavy atom. The Bertz CT molecular complexity index is 716. The molecule has 27 heavy (non-hydrogen) atoms. The quantitative estimate of drug-likeness (QED) is 0.781. The van der Waals surface area contributed by atoms with Crippen LogP contribution in [0, 0.1) is 5.92 Å². The molecule has 1 aromatic rings. The van der Waals surface area contributed by atoms with Crippen molar-refractivity contribution in [2.75, 3.05) is 13.8 Å². The number of imide groups is 1. The predicted molar refractivity (Wildman–Crippen MR) is 102 cm³/mol. The molecule has 1 heterocycles. The molecule has 3 aliphatic rings. The van der Waals surface area contributed by atoms with Crippen molar-refractivity contribution in [3.8, 4) is 5.75 Å². The lowest BCUT2D eigenvalue weighted by atomic mass is 9.73. The third-order valence-corrected chi connectivity index (χ3v) is 6.43. The van der Waals surface area contributed by atoms with E-state index < -0.39 is 5.54 Å². The van der Waals surface area contributed by atoms with E-state index >= 15 is 0 Å². The zero-order valence-corrected chi connectivity index (χ0v) is 16.2. The van der Waals surface area contributed by atoms with Crippen molar-refractivity contribution in [3.63, 3.8) is 0 Å². The van der Waals surface area contributed by atoms with Crippen LogP contribution in [0.3, 0.4) is 0 Å². The van der Waals surface area contributed by atoms with Crippen molar-refractivity contribution in [3.05, 3.63) is 29.8 Å². The Hall–Kier alpha value is -2.08. The molecule has 1 N–H and O–H groups in total. The van der Waals surface area contributed by atoms with Crippen molar-refractivity contribution >= 4 is 11.9 Å². The summed E-state index contributed by atoms with van der Waals surface area (Å²) in [7, 11) is 1.66. The van der Waals surface area contributed by atoms with Crippen LogP contribution in [0.15, 0.2) is 24.3 Å². The van der Waals surface area contributed by atoms with E-state index in [-0.39, 0.29) is 17.9 Å². The molecule has 1 saturated heterocycles. The molecule has 1 aliphatic heterocycles. The van der Waals surface area contributed by atoms with Gasteiger partial charge in [0.25, 0.3) is 5.91 Å². The highest BCUT2D eigenvalue weighted by Crippen LogP contribution is 2.39. The van der Waals surface area contributed by atoms with E-state index in [1.807, 2.05) is 24.3 Å². The van der Waals surface area contributed by atoms with Crippen LogP contribution in [0.1, 0.15) is 51.0 Å². The van der Waals surface area contributed by atoms with Crippen molar-refractivity contribution < 1.29 is 14.3 Å². The summed E-state index contributed by atoms with van der Waals surface area (Å²) in [5, 5.41) is 3.06. The number of nitrogens with zero attached hydrogens (tertiary/aromatic N) is 2. The first-order valence-electron chi connectivity index (χ1n) is 10.0. The zero-order chi connectivity index (χ0) is 19.0. The summed E-state index contributed by atoms with van der Waals surface area (Å²) >= 11 is 0. The summed E-state index contributed by atoms with van der Waals surface area (Å²) in [6, 6.07) is 8.22. The summed E-state index contributed by atoms with van der Waals surface area (Å²) in [6.07, 6.45) is 6.15. The lowest BCUT2D eigenvalue weighted by Crippen LogP contribution is -2.54. The molecule has 2 saturated carbocycles. The highest BCUT2D eigenvalue weighted by atomic mass is 16.5. The number of benzene rings is 1. The molecular weight excluding hydrogens is 342 g/mol. The van der Waals surface area contributed by atoms with Crippen LogP contribution in [-0.2, 0) is 11.3 Å². The van der Waals surface area contributed by atoms with E-state index in [0.29, 0.717) is 12.7 Å². The second kappa shape index (κ2) is 7.15. The Morgan fingerprint density at radius 3 is 2.56 bits per heavy atom. The molecule has 0 bridgehead atoms. The lowest BCUT2D eigenvalue weighted by Gasteiger charge is -2.37. The maximum absolute atomic E-state index is 13.2. The molecule has 0 unspecified atom stereocenters. The van der Waals surface area contributed by atoms with Gasteiger partial charge < -0.3 is 10.1 Å². The maximum Gasteiger partial charge on any atom is 0.326 e. The molecule has 2 atom stereocenters. The first kappa shape index (κ1) is 18.3. The number of amides is 3. The van der Waals surface area contributed by atoms with Gasteiger partial charge in [-0.05, 0) is 49.3 Å². The van der Waals surface area contributed by atoms with E-state index in [0.717, 1.165) is 56.4 Å². The number of hydrogen-bond acceptors (Lipinski definition) is 4. The van der Waals surface area contributed by atoms with E-state index in [2.05, 4.69) is 17.1 Å². The Morgan fingerprint density at radius 1 is 1.19 bits per heavy atom. The van der Waals surface area contributed by atoms with Crippen LogP contribution < -0.4 is 10.1 Å². The fourth-order valence-corrected chi connectivity index (χ4v) is 4.51. The highest BCUT2D eigenvalue weighted by molar-refractivity contribution is 6.07. The van der Waals surface area contributed by atoms with Crippen molar-refractivity contribution in [2.45, 2.75) is 63.6 Å². The smallest absolute Gasteiger partial charge is 0.326 e. The predicted octanol–water partition coefficient (Wildman–Crippen LogP) is 3.12. The molecule has 6 heteroatoms. The van der Waals surface area contributed by atoms with Crippen molar-refractivity contribution in [1.82, 2.24) is 15.1 Å². The zero-order valence-electron chi connectivity index (χ0n) is 16.2. The summed E-state index contributed by atoms with van der Waals surface area (Å²) in [4.78, 5) is 29.6. The number of nitrogens with one attached hydrogen (secondary N) is 1. The minimum absolute atomic E-state index is 0.0277. The molecule has 2 aliphatic carbocycles. The fourth-order valence-electron chi connectivity index (χ4n) is 4.51. The molecule has 3 amide bonds. The van der Waals surface area contributed by atoms with Crippen LogP contribution in [0.25, 0.3) is 0 Å². The third-order valence-electron chi connectivity index (χ3n) is 6.43. The number of methoxy groups -OCH3 is 1. The topological polar surface area (TPSA) is 61.9 Å². The maximum atomic E-state index is 13.2. The third kappa shape index (κ3) is 3.43. The molecule has 4 rings (SSSR count). The molecule has 0 aromatic heterocycles. The largest absolute Gasteiger partial charge is 0.497 e. The standard InChI is InChI=1S/C21H29N3O3/c1-15-5-3-4-12-21(15)19(25)24(20(26)22-21)14-23(17-8-9-17)13-16-6-10-18(27-2)11-7-16/h6-7,10-11,15,17H,3-5,8-9,12-14H2,1-2H3,(H,22,26)/t15-,21-/m1/s1. The SMILES string of the molecule is COc1ccc(CN(CN2C(=O)N[C@@]3(CCCC[C@H]3C)C2=O)C2CC2)cc1. The van der Waals surface area contributed by atoms with E-state index in [4.69, 9.17) is 4.74 Å². The van der Waals surface area contributed by atoms with E-state index in [1.165, 1.54) is 4.90 Å². The molecule has 1 aromatic carbocycles. The van der Waals surface area contributed by atoms with Gasteiger partial charge in [-0.15, -0.1) is 0 Å². The molecular formula is C21H29N3O3. The monoisotopic (exact) mass is 371 g/mol. The molecule has 0 radical (unpaired) electrons. The number of carbonyl (C=O) groups excluding carboxylic acids is 2. The Balaban J connectivity index is 1.48. The summed E-state index contributed by atoms with van der Waals surface area (Å²) in [6.45, 7) is 3.20. The van der Waals surface area contributed by atoms with Crippen molar-refractivity contribution in [2.24, 2.45) is 5.92 Å². The fraction of sp³-hybridized carbons (Fsp3) is 0.619. The number of rotatable bonds is 6. The molecule has 146 valence electrons. The Labute approximate surface area is 160 Å². The van der Waals surface area contributed by atoms with Gasteiger partial charge in [0.15, 0.2) is 0 Å². The van der Waals surface area contributed by atoms with Gasteiger partial charge in [0.05, 0.1) is 13.8 Å². The van der Waals surface area contributed by atoms with Gasteiger partial charge in [0, 0.05) is 12.6 Å². The van der Waals surface area contributed by atoms with Crippen LogP contribution in [-0.4, -0.2) is 47.1 Å². The van der Waals surface area contributed by atoms with Crippen molar-refractivity contribution in [1.29, 1.82) is 0 Å². The van der Waals surface area contributed by atoms with Crippen LogP contribution in [0.2, 0.25) is 0 Å². The van der Waals surface area contributed by atoms with E-state index in [9.17, 15) is 9.59 Å². The first-order valence-corrected chi connectivity index (χ1v) is 10.0. The average molecular weight is 371 g/mol. The van der Waals surface area contributed by atoms with Gasteiger partial charge in [-0.25, -0.2) is 9.69 Å². The average Bonchev–Trinajstić information content (AvgIpc) is 3.49. The van der Waals surface area contributed by atoms with Crippen LogP contribution >= 0.6 is 0 Å². The van der Waals surface area contributed by atoms with Gasteiger partial charge in [-0.3, -0.25) is 9.69 Å². The summed E-state index contributed by atoms with van der Waals surface area (Å²) in [5.41, 5.74) is 0.487. The second-order valence-electron chi connectivity index (χ2n) is 8.25. The van der Waals surface area contributed by atoms with Gasteiger partial charge in [0.1, 0.15) is 11.3 Å². The molecule has 3 fully saturated rings. The van der Waals surface area contributed by atoms with Gasteiger partial charge in [-0.2, -0.15) is 0 Å². The first-order chi connectivity index (χ1) is 13.0. The molecule has 6 nitrogen and oxygen atoms in total. The summed E-state index contributed by atoms with van der Waals surface area (Å²) < 4.78 is 5.22. The number of carbonyl (C=O) groups is 2. The lowest BCUT2D eigenvalue weighted by molar-refractivity contribution is -0.135. The number of hydrogen-bond donors (Lipinski definition) is 1. The molecule has 1 spiro atoms. The van der Waals surface area contributed by atoms with Gasteiger partial charge >= 0.3 is 6.03 Å². The van der Waals surface area contributed by atoms with Gasteiger partial charge in [-0.1, -0.05) is 31.9 Å². The Kier molecular flexibility index (Phi) is 4.84. The summed E-state index contributed by atoms with van der Waals surface area (Å²) in [5.74, 6) is 1.00. The van der Waals surface area contributed by atoms with E-state index in [1.54, 1.807) is 7.11 Å². The number of urea groups is 1. The van der Waals surface area contributed by atoms with Gasteiger partial charge in [0.2, 0.25) is 0 Å². The number of ether oxygens (including phenoxy) is 1.